The quantitative estimate of drug-likeness (QED) is 0.554. The number of rotatable bonds is 8. The molecular formula is C20H20Cl2N2O6S. The van der Waals surface area contributed by atoms with E-state index >= 15 is 0 Å². The first-order chi connectivity index (χ1) is 14.7. The molecule has 1 amide bonds. The van der Waals surface area contributed by atoms with E-state index in [1.165, 1.54) is 36.4 Å². The van der Waals surface area contributed by atoms with Crippen LogP contribution >= 0.6 is 23.2 Å². The fourth-order valence-corrected chi connectivity index (χ4v) is 4.26. The van der Waals surface area contributed by atoms with Crippen LogP contribution in [0, 0.1) is 0 Å². The number of sulfonamides is 1. The molecule has 3 rings (SSSR count). The lowest BCUT2D eigenvalue weighted by molar-refractivity contribution is -0.124. The Hall–Kier alpha value is -2.33. The molecule has 2 N–H and O–H groups in total. The number of hydrogen-bond donors (Lipinski definition) is 2. The van der Waals surface area contributed by atoms with Crippen LogP contribution in [0.2, 0.25) is 10.0 Å². The first-order valence-corrected chi connectivity index (χ1v) is 11.6. The summed E-state index contributed by atoms with van der Waals surface area (Å²) in [5.74, 6) is -1.41. The second-order valence-corrected chi connectivity index (χ2v) is 9.30. The largest absolute Gasteiger partial charge is 0.452 e. The number of halogens is 2. The minimum atomic E-state index is -4.00. The normalized spacial score (nSPS) is 16.0. The molecule has 0 saturated carbocycles. The second-order valence-electron chi connectivity index (χ2n) is 6.77. The smallest absolute Gasteiger partial charge is 0.340 e. The second kappa shape index (κ2) is 10.3. The van der Waals surface area contributed by atoms with Gasteiger partial charge in [-0.15, -0.1) is 0 Å². The van der Waals surface area contributed by atoms with Crippen molar-refractivity contribution < 1.29 is 27.5 Å². The number of anilines is 1. The molecule has 1 aliphatic heterocycles. The summed E-state index contributed by atoms with van der Waals surface area (Å²) in [7, 11) is -4.00. The lowest BCUT2D eigenvalue weighted by atomic mass is 10.2. The predicted molar refractivity (Wildman–Crippen MR) is 116 cm³/mol. The number of benzene rings is 2. The molecule has 11 heteroatoms. The molecule has 166 valence electrons. The van der Waals surface area contributed by atoms with Gasteiger partial charge in [-0.1, -0.05) is 23.2 Å². The first kappa shape index (κ1) is 23.3. The third kappa shape index (κ3) is 6.57. The van der Waals surface area contributed by atoms with E-state index in [2.05, 4.69) is 10.0 Å². The van der Waals surface area contributed by atoms with Crippen molar-refractivity contribution in [3.8, 4) is 0 Å². The molecule has 0 spiro atoms. The van der Waals surface area contributed by atoms with Crippen LogP contribution in [-0.4, -0.2) is 46.2 Å². The maximum absolute atomic E-state index is 12.6. The lowest BCUT2D eigenvalue weighted by Gasteiger charge is -2.12. The van der Waals surface area contributed by atoms with Gasteiger partial charge in [-0.05, 0) is 55.3 Å². The summed E-state index contributed by atoms with van der Waals surface area (Å²) < 4.78 is 38.0. The number of esters is 1. The highest BCUT2D eigenvalue weighted by atomic mass is 35.5. The van der Waals surface area contributed by atoms with Crippen LogP contribution in [0.4, 0.5) is 5.69 Å². The topological polar surface area (TPSA) is 111 Å². The van der Waals surface area contributed by atoms with E-state index in [9.17, 15) is 18.0 Å². The zero-order valence-electron chi connectivity index (χ0n) is 16.3. The third-order valence-corrected chi connectivity index (χ3v) is 6.41. The summed E-state index contributed by atoms with van der Waals surface area (Å²) in [6, 6.07) is 9.69. The van der Waals surface area contributed by atoms with Crippen LogP contribution in [0.3, 0.4) is 0 Å². The molecule has 1 atom stereocenters. The number of hydrogen-bond acceptors (Lipinski definition) is 6. The summed E-state index contributed by atoms with van der Waals surface area (Å²) in [5, 5.41) is 3.08. The Bertz CT molecular complexity index is 1050. The molecular weight excluding hydrogens is 467 g/mol. The molecule has 2 aromatic rings. The van der Waals surface area contributed by atoms with E-state index in [0.717, 1.165) is 18.9 Å². The number of carbonyl (C=O) groups excluding carboxylic acids is 2. The third-order valence-electron chi connectivity index (χ3n) is 4.45. The maximum atomic E-state index is 12.6. The molecule has 1 fully saturated rings. The molecule has 1 heterocycles. The van der Waals surface area contributed by atoms with Gasteiger partial charge < -0.3 is 14.8 Å². The van der Waals surface area contributed by atoms with Crippen molar-refractivity contribution in [2.45, 2.75) is 23.8 Å². The van der Waals surface area contributed by atoms with Gasteiger partial charge in [-0.2, -0.15) is 0 Å². The molecule has 8 nitrogen and oxygen atoms in total. The van der Waals surface area contributed by atoms with Crippen molar-refractivity contribution in [1.29, 1.82) is 0 Å². The Labute approximate surface area is 189 Å². The molecule has 31 heavy (non-hydrogen) atoms. The predicted octanol–water partition coefficient (Wildman–Crippen LogP) is 3.25. The Balaban J connectivity index is 1.63. The number of amides is 1. The summed E-state index contributed by atoms with van der Waals surface area (Å²) in [6.07, 6.45) is 1.77. The molecule has 2 aromatic carbocycles. The molecule has 0 unspecified atom stereocenters. The number of ether oxygens (including phenoxy) is 2. The molecule has 0 aromatic heterocycles. The Morgan fingerprint density at radius 2 is 1.87 bits per heavy atom. The number of nitrogens with one attached hydrogen (secondary N) is 2. The van der Waals surface area contributed by atoms with Crippen molar-refractivity contribution in [2.75, 3.05) is 24.5 Å². The molecule has 0 radical (unpaired) electrons. The van der Waals surface area contributed by atoms with Gasteiger partial charge in [0.05, 0.1) is 21.6 Å². The van der Waals surface area contributed by atoms with Crippen molar-refractivity contribution in [3.63, 3.8) is 0 Å². The lowest BCUT2D eigenvalue weighted by Crippen LogP contribution is -2.34. The van der Waals surface area contributed by atoms with Crippen LogP contribution in [0.5, 0.6) is 0 Å². The Morgan fingerprint density at radius 1 is 1.13 bits per heavy atom. The van der Waals surface area contributed by atoms with Crippen LogP contribution in [0.1, 0.15) is 23.2 Å². The van der Waals surface area contributed by atoms with Gasteiger partial charge >= 0.3 is 5.97 Å². The highest BCUT2D eigenvalue weighted by Gasteiger charge is 2.21. The highest BCUT2D eigenvalue weighted by molar-refractivity contribution is 7.92. The zero-order chi connectivity index (χ0) is 22.4. The van der Waals surface area contributed by atoms with Gasteiger partial charge in [0.25, 0.3) is 15.9 Å². The number of carbonyl (C=O) groups is 2. The minimum absolute atomic E-state index is 0.00444. The van der Waals surface area contributed by atoms with Gasteiger partial charge in [-0.3, -0.25) is 9.52 Å². The SMILES string of the molecule is O=C(COC(=O)c1cc(S(=O)(=O)Nc2ccc(Cl)cc2)ccc1Cl)NC[C@H]1CCCO1. The van der Waals surface area contributed by atoms with Crippen LogP contribution in [-0.2, 0) is 24.3 Å². The van der Waals surface area contributed by atoms with E-state index in [0.29, 0.717) is 23.9 Å². The van der Waals surface area contributed by atoms with Crippen LogP contribution < -0.4 is 10.0 Å². The minimum Gasteiger partial charge on any atom is -0.452 e. The van der Waals surface area contributed by atoms with E-state index in [4.69, 9.17) is 32.7 Å². The van der Waals surface area contributed by atoms with Crippen molar-refractivity contribution in [2.24, 2.45) is 0 Å². The summed E-state index contributed by atoms with van der Waals surface area (Å²) >= 11 is 11.8. The van der Waals surface area contributed by atoms with Crippen molar-refractivity contribution in [3.05, 3.63) is 58.1 Å². The Kier molecular flexibility index (Phi) is 7.77. The zero-order valence-corrected chi connectivity index (χ0v) is 18.6. The van der Waals surface area contributed by atoms with Gasteiger partial charge in [-0.25, -0.2) is 13.2 Å². The maximum Gasteiger partial charge on any atom is 0.340 e. The summed E-state index contributed by atoms with van der Waals surface area (Å²) in [4.78, 5) is 24.1. The van der Waals surface area contributed by atoms with Gasteiger partial charge in [0.15, 0.2) is 6.61 Å². The van der Waals surface area contributed by atoms with Crippen LogP contribution in [0.25, 0.3) is 0 Å². The standard InChI is InChI=1S/C20H20Cl2N2O6S/c21-13-3-5-14(6-4-13)24-31(27,28)16-7-8-18(22)17(10-16)20(26)30-12-19(25)23-11-15-2-1-9-29-15/h3-8,10,15,24H,1-2,9,11-12H2,(H,23,25)/t15-/m1/s1. The van der Waals surface area contributed by atoms with Gasteiger partial charge in [0.1, 0.15) is 0 Å². The fourth-order valence-electron chi connectivity index (χ4n) is 2.85. The monoisotopic (exact) mass is 486 g/mol. The molecule has 1 aliphatic rings. The Morgan fingerprint density at radius 3 is 2.55 bits per heavy atom. The van der Waals surface area contributed by atoms with Crippen molar-refractivity contribution >= 4 is 50.8 Å². The van der Waals surface area contributed by atoms with Crippen molar-refractivity contribution in [1.82, 2.24) is 5.32 Å². The molecule has 1 saturated heterocycles. The van der Waals surface area contributed by atoms with E-state index in [-0.39, 0.29) is 21.6 Å². The highest BCUT2D eigenvalue weighted by Crippen LogP contribution is 2.24. The molecule has 0 aliphatic carbocycles. The fraction of sp³-hybridized carbons (Fsp3) is 0.300. The van der Waals surface area contributed by atoms with E-state index < -0.39 is 28.5 Å². The molecule has 0 bridgehead atoms. The first-order valence-electron chi connectivity index (χ1n) is 9.38. The van der Waals surface area contributed by atoms with Gasteiger partial charge in [0.2, 0.25) is 0 Å². The van der Waals surface area contributed by atoms with E-state index in [1.54, 1.807) is 0 Å². The van der Waals surface area contributed by atoms with Gasteiger partial charge in [0, 0.05) is 23.9 Å². The average molecular weight is 487 g/mol. The van der Waals surface area contributed by atoms with Crippen LogP contribution in [0.15, 0.2) is 47.4 Å². The summed E-state index contributed by atoms with van der Waals surface area (Å²) in [6.45, 7) is 0.475. The average Bonchev–Trinajstić information content (AvgIpc) is 3.26. The summed E-state index contributed by atoms with van der Waals surface area (Å²) in [5.41, 5.74) is 0.124. The van der Waals surface area contributed by atoms with E-state index in [1.807, 2.05) is 0 Å².